The van der Waals surface area contributed by atoms with Gasteiger partial charge >= 0.3 is 12.8 Å². The lowest BCUT2D eigenvalue weighted by atomic mass is 10.1. The molecule has 3 rings (SSSR count). The summed E-state index contributed by atoms with van der Waals surface area (Å²) in [6.45, 7) is 1.84. The second-order valence-corrected chi connectivity index (χ2v) is 15.4. The molecule has 6 amide bonds. The molecule has 3 aromatic rings. The predicted molar refractivity (Wildman–Crippen MR) is 237 cm³/mol. The Labute approximate surface area is 376 Å². The fourth-order valence-electron chi connectivity index (χ4n) is 6.90. The van der Waals surface area contributed by atoms with E-state index in [2.05, 4.69) is 0 Å². The van der Waals surface area contributed by atoms with E-state index in [1.54, 1.807) is 14.2 Å². The largest absolute Gasteiger partial charge is 0.497 e. The lowest BCUT2D eigenvalue weighted by molar-refractivity contribution is -0.856. The number of carbonyl (C=O) groups excluding carboxylic acids is 6. The van der Waals surface area contributed by atoms with Crippen LogP contribution in [0.1, 0.15) is 31.8 Å². The van der Waals surface area contributed by atoms with Crippen LogP contribution in [0.4, 0.5) is 0 Å². The number of ether oxygens (including phenoxy) is 6. The van der Waals surface area contributed by atoms with Crippen molar-refractivity contribution in [2.75, 3.05) is 135 Å². The molecule has 3 aromatic carbocycles. The highest BCUT2D eigenvalue weighted by Crippen LogP contribution is 2.18. The van der Waals surface area contributed by atoms with Crippen LogP contribution in [0.25, 0.3) is 0 Å². The number of benzene rings is 3. The number of amides is 6. The first kappa shape index (κ1) is 52.6. The Kier molecular flexibility index (Phi) is 23.1. The average Bonchev–Trinajstić information content (AvgIpc) is 3.34. The number of quaternary nitrogens is 2. The molecule has 0 N–H and O–H groups in total. The molecular formula is C46H66N6O12+2. The molecule has 350 valence electrons. The molecule has 0 fully saturated rings. The summed E-state index contributed by atoms with van der Waals surface area (Å²) in [6.07, 6.45) is 3.82. The Bertz CT molecular complexity index is 1720. The zero-order valence-corrected chi connectivity index (χ0v) is 38.1. The van der Waals surface area contributed by atoms with E-state index in [1.807, 2.05) is 48.5 Å². The molecule has 64 heavy (non-hydrogen) atoms. The summed E-state index contributed by atoms with van der Waals surface area (Å²) < 4.78 is 31.4. The molecule has 0 heterocycles. The van der Waals surface area contributed by atoms with Gasteiger partial charge in [0, 0.05) is 52.7 Å². The van der Waals surface area contributed by atoms with Crippen molar-refractivity contribution in [2.24, 2.45) is 0 Å². The minimum Gasteiger partial charge on any atom is -0.497 e. The summed E-state index contributed by atoms with van der Waals surface area (Å²) in [6, 6.07) is 20.9. The first-order valence-corrected chi connectivity index (χ1v) is 20.9. The molecule has 0 spiro atoms. The molecule has 0 aliphatic heterocycles. The molecule has 0 saturated heterocycles. The third-order valence-corrected chi connectivity index (χ3v) is 11.0. The van der Waals surface area contributed by atoms with Gasteiger partial charge in [-0.05, 0) is 72.5 Å². The maximum atomic E-state index is 14.5. The summed E-state index contributed by atoms with van der Waals surface area (Å²) in [5, 5.41) is 0. The smallest absolute Gasteiger partial charge is 0.303 e. The van der Waals surface area contributed by atoms with Crippen LogP contribution < -0.4 is 9.47 Å². The number of nitrogens with zero attached hydrogens (tertiary/aromatic N) is 6. The standard InChI is InChI=1S/C46H66N6O12/c1-59-27-23-51(37-55,24-28-60-2)33-49(31-47(35-53)21-19-39-7-15-43(63-5)16-8-39)45(57)41-11-13-42(14-12-41)46(58)50(34-52(38-56,25-29-61-3)26-30-62-4)32-48(36-54)22-20-40-9-17-44(64-6)18-10-40/h7-18,35-38H,19-34H2,1-6H3/q+2. The van der Waals surface area contributed by atoms with E-state index in [9.17, 15) is 28.8 Å². The van der Waals surface area contributed by atoms with Gasteiger partial charge < -0.3 is 38.2 Å². The fraction of sp³-hybridized carbons (Fsp3) is 0.478. The van der Waals surface area contributed by atoms with E-state index < -0.39 is 11.8 Å². The van der Waals surface area contributed by atoms with E-state index in [4.69, 9.17) is 28.4 Å². The minimum absolute atomic E-state index is 0.108. The summed E-state index contributed by atoms with van der Waals surface area (Å²) in [7, 11) is 9.24. The molecule has 18 heteroatoms. The third-order valence-electron chi connectivity index (χ3n) is 11.0. The third kappa shape index (κ3) is 16.4. The first-order valence-electron chi connectivity index (χ1n) is 20.9. The highest BCUT2D eigenvalue weighted by Gasteiger charge is 2.35. The predicted octanol–water partition coefficient (Wildman–Crippen LogP) is 2.35. The van der Waals surface area contributed by atoms with Crippen LogP contribution in [-0.4, -0.2) is 201 Å². The van der Waals surface area contributed by atoms with Crippen LogP contribution in [0.5, 0.6) is 11.5 Å². The van der Waals surface area contributed by atoms with Crippen molar-refractivity contribution in [1.29, 1.82) is 0 Å². The molecule has 0 saturated carbocycles. The Morgan fingerprint density at radius 3 is 1.05 bits per heavy atom. The molecule has 0 aromatic heterocycles. The van der Waals surface area contributed by atoms with Crippen LogP contribution in [0.2, 0.25) is 0 Å². The van der Waals surface area contributed by atoms with Gasteiger partial charge in [-0.3, -0.25) is 29.0 Å². The number of rotatable bonds is 34. The maximum Gasteiger partial charge on any atom is 0.303 e. The Morgan fingerprint density at radius 2 is 0.797 bits per heavy atom. The molecule has 0 radical (unpaired) electrons. The number of methoxy groups -OCH3 is 6. The SMILES string of the molecule is COCC[N+](C=O)(CCOC)CN(CN(C=O)CCc1ccc(OC)cc1)C(=O)c1ccc(C(=O)N(CN(C=O)CCc2ccc(OC)cc2)C[N+](C=O)(CCOC)CCOC)cc1. The minimum atomic E-state index is -0.493. The van der Waals surface area contributed by atoms with Crippen LogP contribution in [0, 0.1) is 0 Å². The topological polar surface area (TPSA) is 171 Å². The van der Waals surface area contributed by atoms with Crippen molar-refractivity contribution >= 4 is 37.5 Å². The van der Waals surface area contributed by atoms with E-state index in [0.717, 1.165) is 23.9 Å². The van der Waals surface area contributed by atoms with Crippen molar-refractivity contribution < 1.29 is 66.2 Å². The van der Waals surface area contributed by atoms with E-state index >= 15 is 0 Å². The Morgan fingerprint density at radius 1 is 0.484 bits per heavy atom. The van der Waals surface area contributed by atoms with Gasteiger partial charge in [-0.2, -0.15) is 0 Å². The maximum absolute atomic E-state index is 14.5. The van der Waals surface area contributed by atoms with E-state index in [1.165, 1.54) is 72.3 Å². The van der Waals surface area contributed by atoms with E-state index in [-0.39, 0.29) is 112 Å². The van der Waals surface area contributed by atoms with Crippen molar-refractivity contribution in [3.05, 3.63) is 95.1 Å². The number of carbonyl (C=O) groups is 6. The van der Waals surface area contributed by atoms with E-state index in [0.29, 0.717) is 37.2 Å². The van der Waals surface area contributed by atoms with Crippen molar-refractivity contribution in [1.82, 2.24) is 19.6 Å². The quantitative estimate of drug-likeness (QED) is 0.0488. The second kappa shape index (κ2) is 28.1. The average molecular weight is 895 g/mol. The summed E-state index contributed by atoms with van der Waals surface area (Å²) in [4.78, 5) is 85.4. The van der Waals surface area contributed by atoms with Gasteiger partial charge in [-0.25, -0.2) is 18.6 Å². The van der Waals surface area contributed by atoms with Gasteiger partial charge in [-0.1, -0.05) is 24.3 Å². The Hall–Kier alpha value is -5.76. The van der Waals surface area contributed by atoms with Gasteiger partial charge in [0.2, 0.25) is 12.8 Å². The number of hydrogen-bond donors (Lipinski definition) is 0. The lowest BCUT2D eigenvalue weighted by Gasteiger charge is -2.38. The van der Waals surface area contributed by atoms with Crippen LogP contribution >= 0.6 is 0 Å². The number of hydrogen-bond acceptors (Lipinski definition) is 12. The second-order valence-electron chi connectivity index (χ2n) is 15.4. The molecule has 18 nitrogen and oxygen atoms in total. The monoisotopic (exact) mass is 894 g/mol. The van der Waals surface area contributed by atoms with Crippen LogP contribution in [0.15, 0.2) is 72.8 Å². The molecular weight excluding hydrogens is 829 g/mol. The summed E-state index contributed by atoms with van der Waals surface area (Å²) in [5.74, 6) is 0.411. The summed E-state index contributed by atoms with van der Waals surface area (Å²) in [5.41, 5.74) is 2.29. The molecule has 0 aliphatic rings. The zero-order chi connectivity index (χ0) is 46.8. The molecule has 0 aliphatic carbocycles. The van der Waals surface area contributed by atoms with Gasteiger partial charge in [0.25, 0.3) is 11.8 Å². The van der Waals surface area contributed by atoms with Gasteiger partial charge in [-0.15, -0.1) is 0 Å². The van der Waals surface area contributed by atoms with Crippen molar-refractivity contribution in [2.45, 2.75) is 12.8 Å². The lowest BCUT2D eigenvalue weighted by Crippen LogP contribution is -2.59. The van der Waals surface area contributed by atoms with Crippen molar-refractivity contribution in [3.63, 3.8) is 0 Å². The molecule has 0 unspecified atom stereocenters. The van der Waals surface area contributed by atoms with Crippen LogP contribution in [0.3, 0.4) is 0 Å². The first-order chi connectivity index (χ1) is 31.0. The normalized spacial score (nSPS) is 11.3. The fourth-order valence-corrected chi connectivity index (χ4v) is 6.90. The van der Waals surface area contributed by atoms with Crippen LogP contribution in [-0.2, 0) is 51.0 Å². The Balaban J connectivity index is 1.98. The highest BCUT2D eigenvalue weighted by atomic mass is 16.5. The zero-order valence-electron chi connectivity index (χ0n) is 38.1. The van der Waals surface area contributed by atoms with Crippen molar-refractivity contribution in [3.8, 4) is 11.5 Å². The molecule has 0 atom stereocenters. The van der Waals surface area contributed by atoms with Gasteiger partial charge in [0.1, 0.15) is 51.0 Å². The van der Waals surface area contributed by atoms with Gasteiger partial charge in [0.15, 0.2) is 13.3 Å². The van der Waals surface area contributed by atoms with Gasteiger partial charge in [0.05, 0.1) is 40.6 Å². The molecule has 0 bridgehead atoms. The summed E-state index contributed by atoms with van der Waals surface area (Å²) >= 11 is 0. The highest BCUT2D eigenvalue weighted by molar-refractivity contribution is 5.98.